The molecule has 0 amide bonds. The van der Waals surface area contributed by atoms with Gasteiger partial charge in [0.25, 0.3) is 0 Å². The molecule has 0 bridgehead atoms. The van der Waals surface area contributed by atoms with Gasteiger partial charge in [-0.2, -0.15) is 0 Å². The zero-order valence-corrected chi connectivity index (χ0v) is 23.1. The predicted octanol–water partition coefficient (Wildman–Crippen LogP) is 6.13. The minimum Gasteiger partial charge on any atom is -0.488 e. The summed E-state index contributed by atoms with van der Waals surface area (Å²) >= 11 is 0. The molecular weight excluding hydrogens is 470 g/mol. The van der Waals surface area contributed by atoms with Gasteiger partial charge in [-0.05, 0) is 67.3 Å². The minimum atomic E-state index is -3.43. The molecular formula is C29H37N3O3S. The predicted molar refractivity (Wildman–Crippen MR) is 146 cm³/mol. The van der Waals surface area contributed by atoms with E-state index in [1.165, 1.54) is 9.87 Å². The summed E-state index contributed by atoms with van der Waals surface area (Å²) in [5, 5.41) is 0. The fourth-order valence-corrected chi connectivity index (χ4v) is 6.29. The Balaban J connectivity index is 1.83. The SMILES string of the molecule is CCc1cccc(CC)c1-c1nc(C)c(COc2cc(C(C)C)ccc2C)c(N2CCCS2(=O)=O)n1. The highest BCUT2D eigenvalue weighted by Crippen LogP contribution is 2.34. The van der Waals surface area contributed by atoms with Crippen molar-refractivity contribution in [2.45, 2.75) is 73.3 Å². The van der Waals surface area contributed by atoms with Crippen molar-refractivity contribution in [3.8, 4) is 17.1 Å². The van der Waals surface area contributed by atoms with Crippen molar-refractivity contribution in [3.63, 3.8) is 0 Å². The molecule has 1 saturated heterocycles. The Morgan fingerprint density at radius 1 is 1.03 bits per heavy atom. The van der Waals surface area contributed by atoms with Crippen LogP contribution in [0.4, 0.5) is 5.82 Å². The first-order valence-electron chi connectivity index (χ1n) is 12.9. The number of hydrogen-bond donors (Lipinski definition) is 0. The van der Waals surface area contributed by atoms with Crippen molar-refractivity contribution in [2.24, 2.45) is 0 Å². The molecule has 3 aromatic rings. The molecule has 0 unspecified atom stereocenters. The number of nitrogens with zero attached hydrogens (tertiary/aromatic N) is 3. The summed E-state index contributed by atoms with van der Waals surface area (Å²) in [6.07, 6.45) is 2.28. The van der Waals surface area contributed by atoms with Crippen molar-refractivity contribution >= 4 is 15.8 Å². The van der Waals surface area contributed by atoms with Gasteiger partial charge in [-0.15, -0.1) is 0 Å². The lowest BCUT2D eigenvalue weighted by Crippen LogP contribution is -2.28. The maximum atomic E-state index is 13.0. The topological polar surface area (TPSA) is 72.4 Å². The zero-order valence-electron chi connectivity index (χ0n) is 22.3. The molecule has 0 saturated carbocycles. The van der Waals surface area contributed by atoms with Crippen molar-refractivity contribution < 1.29 is 13.2 Å². The Morgan fingerprint density at radius 3 is 2.31 bits per heavy atom. The molecule has 7 heteroatoms. The van der Waals surface area contributed by atoms with E-state index in [9.17, 15) is 8.42 Å². The lowest BCUT2D eigenvalue weighted by molar-refractivity contribution is 0.302. The number of anilines is 1. The molecule has 192 valence electrons. The van der Waals surface area contributed by atoms with Crippen LogP contribution in [-0.4, -0.2) is 30.7 Å². The summed E-state index contributed by atoms with van der Waals surface area (Å²) in [6, 6.07) is 12.5. The van der Waals surface area contributed by atoms with E-state index >= 15 is 0 Å². The summed E-state index contributed by atoms with van der Waals surface area (Å²) < 4.78 is 33.7. The zero-order chi connectivity index (χ0) is 26.0. The Kier molecular flexibility index (Phi) is 7.69. The monoisotopic (exact) mass is 507 g/mol. The molecule has 4 rings (SSSR count). The van der Waals surface area contributed by atoms with Gasteiger partial charge in [-0.25, -0.2) is 18.4 Å². The fourth-order valence-electron chi connectivity index (χ4n) is 4.76. The standard InChI is InChI=1S/C29H37N3O3S/c1-7-22-11-9-12-23(8-2)27(22)28-30-21(6)25(29(31-28)32-15-10-16-36(32,33)34)18-35-26-17-24(19(3)4)14-13-20(26)5/h9,11-14,17,19H,7-8,10,15-16,18H2,1-6H3. The lowest BCUT2D eigenvalue weighted by atomic mass is 9.96. The molecule has 1 aromatic heterocycles. The van der Waals surface area contributed by atoms with E-state index in [2.05, 4.69) is 64.1 Å². The van der Waals surface area contributed by atoms with E-state index in [-0.39, 0.29) is 12.4 Å². The highest BCUT2D eigenvalue weighted by molar-refractivity contribution is 7.93. The Bertz CT molecular complexity index is 1340. The third kappa shape index (κ3) is 5.12. The van der Waals surface area contributed by atoms with Gasteiger partial charge >= 0.3 is 0 Å². The molecule has 1 aliphatic rings. The van der Waals surface area contributed by atoms with Gasteiger partial charge < -0.3 is 4.74 Å². The summed E-state index contributed by atoms with van der Waals surface area (Å²) in [4.78, 5) is 9.84. The first-order chi connectivity index (χ1) is 17.2. The Hall–Kier alpha value is -2.93. The van der Waals surface area contributed by atoms with Crippen LogP contribution in [0.15, 0.2) is 36.4 Å². The molecule has 1 aliphatic heterocycles. The van der Waals surface area contributed by atoms with Crippen molar-refractivity contribution in [2.75, 3.05) is 16.6 Å². The second kappa shape index (κ2) is 10.6. The number of rotatable bonds is 8. The van der Waals surface area contributed by atoms with Crippen molar-refractivity contribution in [1.82, 2.24) is 9.97 Å². The van der Waals surface area contributed by atoms with E-state index < -0.39 is 10.0 Å². The number of hydrogen-bond acceptors (Lipinski definition) is 5. The van der Waals surface area contributed by atoms with Gasteiger partial charge in [0.1, 0.15) is 12.4 Å². The Labute approximate surface area is 215 Å². The molecule has 1 fully saturated rings. The molecule has 2 aromatic carbocycles. The molecule has 6 nitrogen and oxygen atoms in total. The summed E-state index contributed by atoms with van der Waals surface area (Å²) in [5.41, 5.74) is 7.02. The van der Waals surface area contributed by atoms with Crippen LogP contribution < -0.4 is 9.04 Å². The average molecular weight is 508 g/mol. The van der Waals surface area contributed by atoms with Crippen LogP contribution in [0.3, 0.4) is 0 Å². The number of benzene rings is 2. The maximum Gasteiger partial charge on any atom is 0.236 e. The van der Waals surface area contributed by atoms with Gasteiger partial charge in [0, 0.05) is 12.1 Å². The number of aromatic nitrogens is 2. The normalized spacial score (nSPS) is 15.0. The summed E-state index contributed by atoms with van der Waals surface area (Å²) in [6.45, 7) is 13.1. The quantitative estimate of drug-likeness (QED) is 0.367. The van der Waals surface area contributed by atoms with Crippen molar-refractivity contribution in [1.29, 1.82) is 0 Å². The van der Waals surface area contributed by atoms with Crippen molar-refractivity contribution in [3.05, 3.63) is 69.9 Å². The molecule has 0 spiro atoms. The highest BCUT2D eigenvalue weighted by atomic mass is 32.2. The molecule has 0 radical (unpaired) electrons. The van der Waals surface area contributed by atoms with E-state index in [0.717, 1.165) is 46.5 Å². The van der Waals surface area contributed by atoms with Crippen LogP contribution in [0.5, 0.6) is 5.75 Å². The second-order valence-electron chi connectivity index (χ2n) is 9.80. The smallest absolute Gasteiger partial charge is 0.236 e. The lowest BCUT2D eigenvalue weighted by Gasteiger charge is -2.23. The number of ether oxygens (including phenoxy) is 1. The van der Waals surface area contributed by atoms with E-state index in [4.69, 9.17) is 14.7 Å². The first kappa shape index (κ1) is 26.1. The molecule has 0 aliphatic carbocycles. The minimum absolute atomic E-state index is 0.132. The highest BCUT2D eigenvalue weighted by Gasteiger charge is 2.33. The summed E-state index contributed by atoms with van der Waals surface area (Å²) in [7, 11) is -3.43. The van der Waals surface area contributed by atoms with Crippen LogP contribution in [0, 0.1) is 13.8 Å². The third-order valence-corrected chi connectivity index (χ3v) is 8.83. The van der Waals surface area contributed by atoms with Gasteiger partial charge in [0.2, 0.25) is 10.0 Å². The van der Waals surface area contributed by atoms with Gasteiger partial charge in [-0.3, -0.25) is 4.31 Å². The number of aryl methyl sites for hydroxylation is 4. The van der Waals surface area contributed by atoms with Crippen LogP contribution >= 0.6 is 0 Å². The number of sulfonamides is 1. The molecule has 2 heterocycles. The molecule has 0 atom stereocenters. The van der Waals surface area contributed by atoms with Gasteiger partial charge in [0.15, 0.2) is 11.6 Å². The maximum absolute atomic E-state index is 13.0. The van der Waals surface area contributed by atoms with Gasteiger partial charge in [0.05, 0.1) is 17.0 Å². The molecule has 0 N–H and O–H groups in total. The van der Waals surface area contributed by atoms with E-state index in [0.29, 0.717) is 36.1 Å². The van der Waals surface area contributed by atoms with Crippen LogP contribution in [-0.2, 0) is 29.5 Å². The third-order valence-electron chi connectivity index (χ3n) is 7.00. The summed E-state index contributed by atoms with van der Waals surface area (Å²) in [5.74, 6) is 2.34. The van der Waals surface area contributed by atoms with Gasteiger partial charge in [-0.1, -0.05) is 58.0 Å². The average Bonchev–Trinajstić information content (AvgIpc) is 3.21. The van der Waals surface area contributed by atoms with Crippen LogP contribution in [0.25, 0.3) is 11.4 Å². The Morgan fingerprint density at radius 2 is 1.72 bits per heavy atom. The largest absolute Gasteiger partial charge is 0.488 e. The van der Waals surface area contributed by atoms with Crippen LogP contribution in [0.2, 0.25) is 0 Å². The van der Waals surface area contributed by atoms with E-state index in [1.54, 1.807) is 0 Å². The first-order valence-corrected chi connectivity index (χ1v) is 14.5. The second-order valence-corrected chi connectivity index (χ2v) is 11.8. The fraction of sp³-hybridized carbons (Fsp3) is 0.448. The van der Waals surface area contributed by atoms with E-state index in [1.807, 2.05) is 13.8 Å². The molecule has 36 heavy (non-hydrogen) atoms. The van der Waals surface area contributed by atoms with Crippen LogP contribution in [0.1, 0.15) is 73.5 Å².